The number of amides is 1. The van der Waals surface area contributed by atoms with Gasteiger partial charge < -0.3 is 19.1 Å². The highest BCUT2D eigenvalue weighted by Crippen LogP contribution is 2.36. The molecule has 0 radical (unpaired) electrons. The maximum absolute atomic E-state index is 13.6. The number of rotatable bonds is 9. The standard InChI is InChI=1S/C28H28ClN3O4S/c1-19-23(18-31(17-22-7-5-15-35-22)27(33)26-10-6-16-37-26)28(36-25-9-4-3-8-24(25)34-2)32(30-19)21-13-11-20(29)12-14-21/h3-4,6,8-14,16,22H,5,7,15,17-18H2,1-2H3/t22-/m1/s1. The molecule has 37 heavy (non-hydrogen) atoms. The molecule has 1 aliphatic rings. The molecule has 3 heterocycles. The van der Waals surface area contributed by atoms with E-state index < -0.39 is 0 Å². The Morgan fingerprint density at radius 2 is 1.95 bits per heavy atom. The average Bonchev–Trinajstić information content (AvgIpc) is 3.68. The maximum Gasteiger partial charge on any atom is 0.264 e. The molecule has 2 aromatic heterocycles. The summed E-state index contributed by atoms with van der Waals surface area (Å²) in [7, 11) is 1.61. The fraction of sp³-hybridized carbons (Fsp3) is 0.286. The van der Waals surface area contributed by atoms with Gasteiger partial charge in [0.15, 0.2) is 11.5 Å². The Balaban J connectivity index is 1.56. The molecule has 1 fully saturated rings. The summed E-state index contributed by atoms with van der Waals surface area (Å²) in [5.41, 5.74) is 2.36. The van der Waals surface area contributed by atoms with Crippen LogP contribution in [0.25, 0.3) is 5.69 Å². The highest BCUT2D eigenvalue weighted by atomic mass is 35.5. The fourth-order valence-corrected chi connectivity index (χ4v) is 5.21. The van der Waals surface area contributed by atoms with E-state index in [9.17, 15) is 4.79 Å². The van der Waals surface area contributed by atoms with Crippen LogP contribution in [0.4, 0.5) is 0 Å². The van der Waals surface area contributed by atoms with E-state index in [1.165, 1.54) is 11.3 Å². The fourth-order valence-electron chi connectivity index (χ4n) is 4.39. The lowest BCUT2D eigenvalue weighted by Gasteiger charge is -2.25. The van der Waals surface area contributed by atoms with Gasteiger partial charge in [0.2, 0.25) is 5.88 Å². The van der Waals surface area contributed by atoms with Crippen LogP contribution in [0.3, 0.4) is 0 Å². The van der Waals surface area contributed by atoms with Crippen molar-refractivity contribution in [2.45, 2.75) is 32.4 Å². The number of nitrogens with zero attached hydrogens (tertiary/aromatic N) is 3. The lowest BCUT2D eigenvalue weighted by molar-refractivity contribution is 0.0509. The Bertz CT molecular complexity index is 1350. The van der Waals surface area contributed by atoms with Gasteiger partial charge in [0.05, 0.1) is 41.6 Å². The van der Waals surface area contributed by atoms with Crippen LogP contribution in [-0.2, 0) is 11.3 Å². The number of hydrogen-bond donors (Lipinski definition) is 0. The Hall–Kier alpha value is -3.33. The zero-order valence-electron chi connectivity index (χ0n) is 20.7. The summed E-state index contributed by atoms with van der Waals surface area (Å²) in [6.07, 6.45) is 1.94. The normalized spacial score (nSPS) is 15.1. The number of carbonyl (C=O) groups is 1. The summed E-state index contributed by atoms with van der Waals surface area (Å²) in [4.78, 5) is 16.1. The van der Waals surface area contributed by atoms with Crippen molar-refractivity contribution in [2.75, 3.05) is 20.3 Å². The number of thiophene rings is 1. The van der Waals surface area contributed by atoms with Crippen LogP contribution in [-0.4, -0.2) is 47.0 Å². The van der Waals surface area contributed by atoms with E-state index in [4.69, 9.17) is 30.9 Å². The predicted molar refractivity (Wildman–Crippen MR) is 144 cm³/mol. The van der Waals surface area contributed by atoms with Crippen molar-refractivity contribution in [3.63, 3.8) is 0 Å². The molecule has 9 heteroatoms. The van der Waals surface area contributed by atoms with Crippen LogP contribution in [0, 0.1) is 6.92 Å². The average molecular weight is 538 g/mol. The molecule has 0 N–H and O–H groups in total. The van der Waals surface area contributed by atoms with E-state index in [2.05, 4.69) is 0 Å². The van der Waals surface area contributed by atoms with Gasteiger partial charge in [-0.3, -0.25) is 4.79 Å². The van der Waals surface area contributed by atoms with Crippen LogP contribution < -0.4 is 9.47 Å². The summed E-state index contributed by atoms with van der Waals surface area (Å²) in [6, 6.07) is 18.6. The third-order valence-corrected chi connectivity index (χ3v) is 7.41. The number of benzene rings is 2. The Labute approximate surface area is 225 Å². The predicted octanol–water partition coefficient (Wildman–Crippen LogP) is 6.52. The van der Waals surface area contributed by atoms with Gasteiger partial charge in [-0.05, 0) is 67.6 Å². The Kier molecular flexibility index (Phi) is 7.79. The van der Waals surface area contributed by atoms with E-state index in [1.54, 1.807) is 11.8 Å². The lowest BCUT2D eigenvalue weighted by Crippen LogP contribution is -2.36. The van der Waals surface area contributed by atoms with Gasteiger partial charge in [-0.1, -0.05) is 29.8 Å². The minimum atomic E-state index is -0.0348. The number of ether oxygens (including phenoxy) is 3. The topological polar surface area (TPSA) is 65.8 Å². The molecule has 0 bridgehead atoms. The monoisotopic (exact) mass is 537 g/mol. The molecule has 1 aliphatic heterocycles. The summed E-state index contributed by atoms with van der Waals surface area (Å²) in [5.74, 6) is 1.63. The van der Waals surface area contributed by atoms with E-state index in [-0.39, 0.29) is 12.0 Å². The molecule has 1 atom stereocenters. The van der Waals surface area contributed by atoms with Crippen LogP contribution in [0.1, 0.15) is 33.8 Å². The zero-order valence-corrected chi connectivity index (χ0v) is 22.3. The number of methoxy groups -OCH3 is 1. The van der Waals surface area contributed by atoms with Crippen molar-refractivity contribution in [3.8, 4) is 23.1 Å². The highest BCUT2D eigenvalue weighted by molar-refractivity contribution is 7.12. The molecule has 0 aliphatic carbocycles. The second kappa shape index (κ2) is 11.4. The van der Waals surface area contributed by atoms with Gasteiger partial charge in [0, 0.05) is 18.2 Å². The number of aromatic nitrogens is 2. The molecule has 1 amide bonds. The molecule has 2 aromatic carbocycles. The minimum Gasteiger partial charge on any atom is -0.493 e. The van der Waals surface area contributed by atoms with Crippen molar-refractivity contribution in [2.24, 2.45) is 0 Å². The number of hydrogen-bond acceptors (Lipinski definition) is 6. The number of aryl methyl sites for hydroxylation is 1. The summed E-state index contributed by atoms with van der Waals surface area (Å²) >= 11 is 7.58. The quantitative estimate of drug-likeness (QED) is 0.243. The largest absolute Gasteiger partial charge is 0.493 e. The van der Waals surface area contributed by atoms with Crippen LogP contribution in [0.5, 0.6) is 17.4 Å². The van der Waals surface area contributed by atoms with Crippen molar-refractivity contribution in [3.05, 3.63) is 87.2 Å². The lowest BCUT2D eigenvalue weighted by atomic mass is 10.2. The smallest absolute Gasteiger partial charge is 0.264 e. The third-order valence-electron chi connectivity index (χ3n) is 6.30. The first-order valence-corrected chi connectivity index (χ1v) is 13.4. The highest BCUT2D eigenvalue weighted by Gasteiger charge is 2.28. The number of carbonyl (C=O) groups excluding carboxylic acids is 1. The Morgan fingerprint density at radius 1 is 1.16 bits per heavy atom. The first-order chi connectivity index (χ1) is 18.0. The molecule has 1 saturated heterocycles. The molecule has 192 valence electrons. The van der Waals surface area contributed by atoms with E-state index in [0.29, 0.717) is 40.4 Å². The summed E-state index contributed by atoms with van der Waals surface area (Å²) in [6.45, 7) is 3.47. The Morgan fingerprint density at radius 3 is 2.62 bits per heavy atom. The van der Waals surface area contributed by atoms with Gasteiger partial charge in [0.25, 0.3) is 5.91 Å². The van der Waals surface area contributed by atoms with Gasteiger partial charge in [-0.2, -0.15) is 5.10 Å². The number of para-hydroxylation sites is 2. The second-order valence-electron chi connectivity index (χ2n) is 8.81. The van der Waals surface area contributed by atoms with Gasteiger partial charge in [-0.15, -0.1) is 11.3 Å². The molecular formula is C28H28ClN3O4S. The van der Waals surface area contributed by atoms with E-state index in [0.717, 1.165) is 36.4 Å². The SMILES string of the molecule is COc1ccccc1Oc1c(CN(C[C@H]2CCCO2)C(=O)c2cccs2)c(C)nn1-c1ccc(Cl)cc1. The zero-order chi connectivity index (χ0) is 25.8. The van der Waals surface area contributed by atoms with Crippen molar-refractivity contribution in [1.29, 1.82) is 0 Å². The summed E-state index contributed by atoms with van der Waals surface area (Å²) in [5, 5.41) is 7.35. The van der Waals surface area contributed by atoms with Crippen molar-refractivity contribution in [1.82, 2.24) is 14.7 Å². The molecule has 0 spiro atoms. The minimum absolute atomic E-state index is 0.00844. The van der Waals surface area contributed by atoms with Crippen molar-refractivity contribution < 1.29 is 19.0 Å². The first kappa shape index (κ1) is 25.3. The molecular weight excluding hydrogens is 510 g/mol. The van der Waals surface area contributed by atoms with Gasteiger partial charge >= 0.3 is 0 Å². The van der Waals surface area contributed by atoms with Crippen molar-refractivity contribution >= 4 is 28.8 Å². The second-order valence-corrected chi connectivity index (χ2v) is 10.2. The van der Waals surface area contributed by atoms with Crippen LogP contribution in [0.2, 0.25) is 5.02 Å². The van der Waals surface area contributed by atoms with Crippen LogP contribution in [0.15, 0.2) is 66.0 Å². The molecule has 0 unspecified atom stereocenters. The van der Waals surface area contributed by atoms with Gasteiger partial charge in [-0.25, -0.2) is 4.68 Å². The van der Waals surface area contributed by atoms with Crippen LogP contribution >= 0.6 is 22.9 Å². The molecule has 7 nitrogen and oxygen atoms in total. The van der Waals surface area contributed by atoms with Gasteiger partial charge in [0.1, 0.15) is 0 Å². The number of halogens is 1. The maximum atomic E-state index is 13.6. The third kappa shape index (κ3) is 5.66. The first-order valence-electron chi connectivity index (χ1n) is 12.1. The van der Waals surface area contributed by atoms with E-state index >= 15 is 0 Å². The summed E-state index contributed by atoms with van der Waals surface area (Å²) < 4.78 is 19.6. The molecule has 0 saturated carbocycles. The van der Waals surface area contributed by atoms with E-state index in [1.807, 2.05) is 77.9 Å². The molecule has 5 rings (SSSR count). The molecule has 4 aromatic rings.